The first-order chi connectivity index (χ1) is 9.86. The van der Waals surface area contributed by atoms with E-state index in [1.807, 2.05) is 0 Å². The second kappa shape index (κ2) is 4.06. The van der Waals surface area contributed by atoms with Crippen LogP contribution >= 0.6 is 0 Å². The van der Waals surface area contributed by atoms with Crippen LogP contribution in [0.5, 0.6) is 0 Å². The SMILES string of the molecule is NCCn1cc(-c2nnc3c4[nH]cnc4ncn23)nn1. The number of nitrogens with zero attached hydrogens (tertiary/aromatic N) is 8. The van der Waals surface area contributed by atoms with E-state index in [1.165, 1.54) is 0 Å². The van der Waals surface area contributed by atoms with E-state index in [-0.39, 0.29) is 0 Å². The quantitative estimate of drug-likeness (QED) is 0.499. The molecule has 10 nitrogen and oxygen atoms in total. The molecule has 0 atom stereocenters. The Morgan fingerprint density at radius 3 is 3.05 bits per heavy atom. The first kappa shape index (κ1) is 11.0. The highest BCUT2D eigenvalue weighted by Gasteiger charge is 2.15. The Bertz CT molecular complexity index is 884. The van der Waals surface area contributed by atoms with Crippen molar-refractivity contribution >= 4 is 16.8 Å². The van der Waals surface area contributed by atoms with Gasteiger partial charge in [0.15, 0.2) is 22.8 Å². The molecular formula is C10H10N10. The highest BCUT2D eigenvalue weighted by Crippen LogP contribution is 2.18. The fourth-order valence-corrected chi connectivity index (χ4v) is 2.05. The van der Waals surface area contributed by atoms with E-state index in [4.69, 9.17) is 5.73 Å². The van der Waals surface area contributed by atoms with Crippen molar-refractivity contribution in [1.29, 1.82) is 0 Å². The zero-order valence-electron chi connectivity index (χ0n) is 10.3. The van der Waals surface area contributed by atoms with Gasteiger partial charge in [0.05, 0.1) is 19.1 Å². The smallest absolute Gasteiger partial charge is 0.191 e. The van der Waals surface area contributed by atoms with E-state index in [0.29, 0.717) is 35.9 Å². The summed E-state index contributed by atoms with van der Waals surface area (Å²) in [4.78, 5) is 11.3. The fraction of sp³-hybridized carbons (Fsp3) is 0.200. The highest BCUT2D eigenvalue weighted by atomic mass is 15.4. The average molecular weight is 270 g/mol. The van der Waals surface area contributed by atoms with Gasteiger partial charge in [-0.3, -0.25) is 9.08 Å². The van der Waals surface area contributed by atoms with E-state index in [0.717, 1.165) is 5.52 Å². The van der Waals surface area contributed by atoms with Crippen molar-refractivity contribution < 1.29 is 0 Å². The molecule has 0 bridgehead atoms. The number of imidazole rings is 1. The lowest BCUT2D eigenvalue weighted by atomic mass is 10.4. The van der Waals surface area contributed by atoms with E-state index < -0.39 is 0 Å². The maximum absolute atomic E-state index is 5.49. The fourth-order valence-electron chi connectivity index (χ4n) is 2.05. The van der Waals surface area contributed by atoms with Crippen LogP contribution in [-0.4, -0.2) is 51.1 Å². The van der Waals surface area contributed by atoms with Gasteiger partial charge in [0, 0.05) is 6.54 Å². The van der Waals surface area contributed by atoms with Crippen molar-refractivity contribution in [3.8, 4) is 11.5 Å². The summed E-state index contributed by atoms with van der Waals surface area (Å²) in [6, 6.07) is 0. The zero-order chi connectivity index (χ0) is 13.5. The molecule has 3 N–H and O–H groups in total. The number of H-pyrrole nitrogens is 1. The van der Waals surface area contributed by atoms with Gasteiger partial charge in [-0.05, 0) is 0 Å². The lowest BCUT2D eigenvalue weighted by Crippen LogP contribution is -2.10. The van der Waals surface area contributed by atoms with Crippen molar-refractivity contribution in [2.75, 3.05) is 6.54 Å². The number of fused-ring (bicyclic) bond motifs is 3. The molecule has 0 aromatic carbocycles. The molecule has 4 heterocycles. The number of hydrogen-bond acceptors (Lipinski definition) is 7. The molecule has 0 radical (unpaired) electrons. The number of aromatic amines is 1. The topological polar surface area (TPSA) is 128 Å². The summed E-state index contributed by atoms with van der Waals surface area (Å²) in [7, 11) is 0. The molecule has 100 valence electrons. The van der Waals surface area contributed by atoms with Crippen LogP contribution < -0.4 is 5.73 Å². The molecule has 0 aliphatic carbocycles. The van der Waals surface area contributed by atoms with Crippen LogP contribution in [0.2, 0.25) is 0 Å². The first-order valence-electron chi connectivity index (χ1n) is 6.00. The summed E-state index contributed by atoms with van der Waals surface area (Å²) in [6.45, 7) is 1.10. The van der Waals surface area contributed by atoms with Crippen molar-refractivity contribution in [2.45, 2.75) is 6.54 Å². The van der Waals surface area contributed by atoms with Crippen LogP contribution in [-0.2, 0) is 6.54 Å². The molecule has 0 unspecified atom stereocenters. The van der Waals surface area contributed by atoms with Gasteiger partial charge in [-0.25, -0.2) is 9.97 Å². The number of aromatic nitrogens is 9. The second-order valence-electron chi connectivity index (χ2n) is 4.22. The van der Waals surface area contributed by atoms with Crippen LogP contribution in [0.15, 0.2) is 18.9 Å². The lowest BCUT2D eigenvalue weighted by Gasteiger charge is -1.95. The van der Waals surface area contributed by atoms with E-state index in [2.05, 4.69) is 35.5 Å². The summed E-state index contributed by atoms with van der Waals surface area (Å²) in [5.74, 6) is 0.576. The third-order valence-corrected chi connectivity index (χ3v) is 2.96. The Hall–Kier alpha value is -2.88. The van der Waals surface area contributed by atoms with E-state index in [1.54, 1.807) is 27.9 Å². The summed E-state index contributed by atoms with van der Waals surface area (Å²) in [6.07, 6.45) is 4.97. The Labute approximate surface area is 111 Å². The van der Waals surface area contributed by atoms with Gasteiger partial charge < -0.3 is 10.7 Å². The Kier molecular flexibility index (Phi) is 2.23. The van der Waals surface area contributed by atoms with Crippen LogP contribution in [0.3, 0.4) is 0 Å². The minimum Gasteiger partial charge on any atom is -0.340 e. The number of hydrogen-bond donors (Lipinski definition) is 2. The predicted octanol–water partition coefficient (Wildman–Crippen LogP) is -0.782. The van der Waals surface area contributed by atoms with E-state index in [9.17, 15) is 0 Å². The maximum Gasteiger partial charge on any atom is 0.191 e. The highest BCUT2D eigenvalue weighted by molar-refractivity contribution is 5.85. The molecule has 20 heavy (non-hydrogen) atoms. The van der Waals surface area contributed by atoms with Gasteiger partial charge in [0.1, 0.15) is 11.8 Å². The second-order valence-corrected chi connectivity index (χ2v) is 4.22. The first-order valence-corrected chi connectivity index (χ1v) is 6.00. The summed E-state index contributed by atoms with van der Waals surface area (Å²) in [5, 5.41) is 16.4. The van der Waals surface area contributed by atoms with Crippen molar-refractivity contribution in [3.63, 3.8) is 0 Å². The lowest BCUT2D eigenvalue weighted by molar-refractivity contribution is 0.598. The zero-order valence-corrected chi connectivity index (χ0v) is 10.3. The maximum atomic E-state index is 5.49. The third-order valence-electron chi connectivity index (χ3n) is 2.96. The molecular weight excluding hydrogens is 260 g/mol. The van der Waals surface area contributed by atoms with E-state index >= 15 is 0 Å². The molecule has 0 aliphatic rings. The average Bonchev–Trinajstić information content (AvgIpc) is 3.16. The standard InChI is InChI=1S/C10H10N10/c11-1-2-19-3-6(15-18-19)9-16-17-10-7-8(13-4-12-7)14-5-20(9)10/h3-5H,1-2,11H2,(H,12,13). The number of rotatable bonds is 3. The summed E-state index contributed by atoms with van der Waals surface area (Å²) in [5.41, 5.74) is 8.09. The van der Waals surface area contributed by atoms with Crippen molar-refractivity contribution in [1.82, 2.24) is 44.5 Å². The molecule has 0 fully saturated rings. The molecule has 0 amide bonds. The van der Waals surface area contributed by atoms with Crippen LogP contribution in [0.4, 0.5) is 0 Å². The molecule has 4 aromatic heterocycles. The van der Waals surface area contributed by atoms with Gasteiger partial charge >= 0.3 is 0 Å². The molecule has 0 saturated carbocycles. The van der Waals surface area contributed by atoms with Gasteiger partial charge in [0.25, 0.3) is 0 Å². The van der Waals surface area contributed by atoms with Gasteiger partial charge in [-0.1, -0.05) is 5.21 Å². The third kappa shape index (κ3) is 1.48. The Morgan fingerprint density at radius 1 is 1.20 bits per heavy atom. The minimum absolute atomic E-state index is 0.500. The predicted molar refractivity (Wildman–Crippen MR) is 68.5 cm³/mol. The molecule has 0 saturated heterocycles. The van der Waals surface area contributed by atoms with Gasteiger partial charge in [-0.2, -0.15) is 0 Å². The molecule has 4 aromatic rings. The van der Waals surface area contributed by atoms with Gasteiger partial charge in [0.2, 0.25) is 0 Å². The minimum atomic E-state index is 0.500. The normalized spacial score (nSPS) is 11.7. The Balaban J connectivity index is 1.90. The molecule has 0 aliphatic heterocycles. The molecule has 4 rings (SSSR count). The van der Waals surface area contributed by atoms with Crippen molar-refractivity contribution in [3.05, 3.63) is 18.9 Å². The number of nitrogens with one attached hydrogen (secondary N) is 1. The summed E-state index contributed by atoms with van der Waals surface area (Å²) < 4.78 is 3.41. The van der Waals surface area contributed by atoms with Crippen LogP contribution in [0.25, 0.3) is 28.3 Å². The Morgan fingerprint density at radius 2 is 2.15 bits per heavy atom. The largest absolute Gasteiger partial charge is 0.340 e. The van der Waals surface area contributed by atoms with Gasteiger partial charge in [-0.15, -0.1) is 15.3 Å². The molecule has 10 heteroatoms. The van der Waals surface area contributed by atoms with Crippen LogP contribution in [0.1, 0.15) is 0 Å². The molecule has 0 spiro atoms. The summed E-state index contributed by atoms with van der Waals surface area (Å²) >= 11 is 0. The monoisotopic (exact) mass is 270 g/mol. The number of nitrogens with two attached hydrogens (primary N) is 1. The van der Waals surface area contributed by atoms with Crippen molar-refractivity contribution in [2.24, 2.45) is 5.73 Å². The van der Waals surface area contributed by atoms with Crippen LogP contribution in [0, 0.1) is 0 Å².